The zero-order valence-corrected chi connectivity index (χ0v) is 13.7. The highest BCUT2D eigenvalue weighted by Crippen LogP contribution is 2.14. The number of fused-ring (bicyclic) bond motifs is 1. The molecule has 0 aliphatic rings. The number of rotatable bonds is 6. The number of hydrogen-bond acceptors (Lipinski definition) is 3. The molecule has 25 heavy (non-hydrogen) atoms. The predicted molar refractivity (Wildman–Crippen MR) is 98.1 cm³/mol. The van der Waals surface area contributed by atoms with Gasteiger partial charge in [-0.2, -0.15) is 0 Å². The first-order chi connectivity index (χ1) is 12.2. The topological polar surface area (TPSA) is 71.1 Å². The zero-order chi connectivity index (χ0) is 17.5. The summed E-state index contributed by atoms with van der Waals surface area (Å²) in [6.45, 7) is 0.297. The van der Waals surface area contributed by atoms with E-state index in [1.165, 1.54) is 0 Å². The van der Waals surface area contributed by atoms with Crippen LogP contribution in [0, 0.1) is 0 Å². The number of benzene rings is 2. The lowest BCUT2D eigenvalue weighted by atomic mass is 10.1. The first-order valence-electron chi connectivity index (χ1n) is 8.17. The van der Waals surface area contributed by atoms with Crippen LogP contribution in [-0.4, -0.2) is 23.3 Å². The van der Waals surface area contributed by atoms with Crippen LogP contribution in [-0.2, 0) is 16.0 Å². The maximum absolute atomic E-state index is 12.0. The molecular weight excluding hydrogens is 314 g/mol. The summed E-state index contributed by atoms with van der Waals surface area (Å²) in [6.07, 6.45) is 0.518. The third kappa shape index (κ3) is 4.88. The van der Waals surface area contributed by atoms with Crippen LogP contribution in [0.2, 0.25) is 0 Å². The van der Waals surface area contributed by atoms with Gasteiger partial charge >= 0.3 is 0 Å². The largest absolute Gasteiger partial charge is 0.355 e. The molecule has 3 aromatic rings. The molecular formula is C20H19N3O2. The van der Waals surface area contributed by atoms with Crippen molar-refractivity contribution in [3.63, 3.8) is 0 Å². The van der Waals surface area contributed by atoms with Crippen molar-refractivity contribution in [2.24, 2.45) is 0 Å². The molecule has 0 atom stereocenters. The Morgan fingerprint density at radius 2 is 1.60 bits per heavy atom. The Labute approximate surface area is 146 Å². The summed E-state index contributed by atoms with van der Waals surface area (Å²) < 4.78 is 0. The van der Waals surface area contributed by atoms with E-state index < -0.39 is 0 Å². The number of nitrogens with zero attached hydrogens (tertiary/aromatic N) is 1. The number of carbonyl (C=O) groups is 2. The maximum Gasteiger partial charge on any atom is 0.227 e. The SMILES string of the molecule is O=C(Cc1ccccc1)NCCC(=O)Nc1ccc2ccccc2n1. The molecule has 2 amide bonds. The molecule has 0 unspecified atom stereocenters. The van der Waals surface area contributed by atoms with E-state index in [1.54, 1.807) is 6.07 Å². The summed E-state index contributed by atoms with van der Waals surface area (Å²) in [5.41, 5.74) is 1.78. The molecule has 0 saturated carbocycles. The van der Waals surface area contributed by atoms with E-state index in [1.807, 2.05) is 60.7 Å². The monoisotopic (exact) mass is 333 g/mol. The lowest BCUT2D eigenvalue weighted by Gasteiger charge is -2.07. The van der Waals surface area contributed by atoms with Gasteiger partial charge in [-0.3, -0.25) is 9.59 Å². The van der Waals surface area contributed by atoms with Crippen molar-refractivity contribution in [3.05, 3.63) is 72.3 Å². The van der Waals surface area contributed by atoms with Crippen molar-refractivity contribution >= 4 is 28.5 Å². The van der Waals surface area contributed by atoms with Crippen LogP contribution in [0.1, 0.15) is 12.0 Å². The second kappa shape index (κ2) is 8.06. The fourth-order valence-electron chi connectivity index (χ4n) is 2.50. The Morgan fingerprint density at radius 1 is 0.840 bits per heavy atom. The van der Waals surface area contributed by atoms with Gasteiger partial charge in [0.1, 0.15) is 5.82 Å². The van der Waals surface area contributed by atoms with Gasteiger partial charge in [0.25, 0.3) is 0 Å². The number of carbonyl (C=O) groups excluding carboxylic acids is 2. The summed E-state index contributed by atoms with van der Waals surface area (Å²) in [5.74, 6) is 0.241. The molecule has 2 N–H and O–H groups in total. The van der Waals surface area contributed by atoms with Gasteiger partial charge in [-0.15, -0.1) is 0 Å². The van der Waals surface area contributed by atoms with Crippen molar-refractivity contribution in [2.75, 3.05) is 11.9 Å². The van der Waals surface area contributed by atoms with Crippen LogP contribution in [0.5, 0.6) is 0 Å². The average Bonchev–Trinajstić information content (AvgIpc) is 2.62. The number of aromatic nitrogens is 1. The van der Waals surface area contributed by atoms with Crippen LogP contribution in [0.25, 0.3) is 10.9 Å². The molecule has 0 saturated heterocycles. The van der Waals surface area contributed by atoms with Gasteiger partial charge in [-0.1, -0.05) is 48.5 Å². The molecule has 0 aliphatic heterocycles. The van der Waals surface area contributed by atoms with Crippen LogP contribution >= 0.6 is 0 Å². The van der Waals surface area contributed by atoms with Crippen LogP contribution in [0.4, 0.5) is 5.82 Å². The smallest absolute Gasteiger partial charge is 0.227 e. The third-order valence-corrected chi connectivity index (χ3v) is 3.75. The minimum absolute atomic E-state index is 0.0946. The van der Waals surface area contributed by atoms with E-state index in [0.29, 0.717) is 18.8 Å². The van der Waals surface area contributed by atoms with Gasteiger partial charge in [0, 0.05) is 18.4 Å². The van der Waals surface area contributed by atoms with Gasteiger partial charge < -0.3 is 10.6 Å². The second-order valence-electron chi connectivity index (χ2n) is 5.70. The Balaban J connectivity index is 1.45. The fraction of sp³-hybridized carbons (Fsp3) is 0.150. The maximum atomic E-state index is 12.0. The minimum atomic E-state index is -0.178. The van der Waals surface area contributed by atoms with E-state index in [0.717, 1.165) is 16.5 Å². The van der Waals surface area contributed by atoms with E-state index in [2.05, 4.69) is 15.6 Å². The summed E-state index contributed by atoms with van der Waals surface area (Å²) in [7, 11) is 0. The standard InChI is InChI=1S/C20H19N3O2/c24-19(12-13-21-20(25)14-15-6-2-1-3-7-15)23-18-11-10-16-8-4-5-9-17(16)22-18/h1-11H,12-14H2,(H,21,25)(H,22,23,24). The molecule has 0 bridgehead atoms. The van der Waals surface area contributed by atoms with Crippen molar-refractivity contribution in [1.82, 2.24) is 10.3 Å². The number of hydrogen-bond donors (Lipinski definition) is 2. The molecule has 0 spiro atoms. The number of nitrogens with one attached hydrogen (secondary N) is 2. The van der Waals surface area contributed by atoms with Crippen LogP contribution in [0.15, 0.2) is 66.7 Å². The minimum Gasteiger partial charge on any atom is -0.355 e. The summed E-state index contributed by atoms with van der Waals surface area (Å²) in [5, 5.41) is 6.54. The van der Waals surface area contributed by atoms with Crippen molar-refractivity contribution < 1.29 is 9.59 Å². The number of para-hydroxylation sites is 1. The summed E-state index contributed by atoms with van der Waals surface area (Å²) in [6, 6.07) is 20.9. The lowest BCUT2D eigenvalue weighted by Crippen LogP contribution is -2.29. The molecule has 3 rings (SSSR count). The first kappa shape index (κ1) is 16.6. The Bertz CT molecular complexity index is 878. The quantitative estimate of drug-likeness (QED) is 0.728. The van der Waals surface area contributed by atoms with Crippen molar-refractivity contribution in [2.45, 2.75) is 12.8 Å². The molecule has 0 aliphatic carbocycles. The van der Waals surface area contributed by atoms with Crippen molar-refractivity contribution in [3.8, 4) is 0 Å². The Hall–Kier alpha value is -3.21. The molecule has 5 heteroatoms. The van der Waals surface area contributed by atoms with Gasteiger partial charge in [-0.05, 0) is 23.8 Å². The van der Waals surface area contributed by atoms with Crippen LogP contribution in [0.3, 0.4) is 0 Å². The lowest BCUT2D eigenvalue weighted by molar-refractivity contribution is -0.120. The second-order valence-corrected chi connectivity index (χ2v) is 5.70. The zero-order valence-electron chi connectivity index (χ0n) is 13.7. The third-order valence-electron chi connectivity index (χ3n) is 3.75. The number of anilines is 1. The Kier molecular flexibility index (Phi) is 5.36. The number of pyridine rings is 1. The first-order valence-corrected chi connectivity index (χ1v) is 8.17. The highest BCUT2D eigenvalue weighted by atomic mass is 16.2. The van der Waals surface area contributed by atoms with Crippen LogP contribution < -0.4 is 10.6 Å². The Morgan fingerprint density at radius 3 is 2.44 bits per heavy atom. The highest BCUT2D eigenvalue weighted by Gasteiger charge is 2.06. The molecule has 0 fully saturated rings. The van der Waals surface area contributed by atoms with Gasteiger partial charge in [0.15, 0.2) is 0 Å². The molecule has 126 valence electrons. The predicted octanol–water partition coefficient (Wildman–Crippen LogP) is 2.92. The van der Waals surface area contributed by atoms with E-state index in [9.17, 15) is 9.59 Å². The highest BCUT2D eigenvalue weighted by molar-refractivity contribution is 5.92. The molecule has 2 aromatic carbocycles. The molecule has 5 nitrogen and oxygen atoms in total. The molecule has 1 aromatic heterocycles. The molecule has 0 radical (unpaired) electrons. The van der Waals surface area contributed by atoms with Gasteiger partial charge in [-0.25, -0.2) is 4.98 Å². The molecule has 1 heterocycles. The van der Waals surface area contributed by atoms with Gasteiger partial charge in [0.2, 0.25) is 11.8 Å². The fourth-order valence-corrected chi connectivity index (χ4v) is 2.50. The van der Waals surface area contributed by atoms with E-state index in [-0.39, 0.29) is 18.2 Å². The van der Waals surface area contributed by atoms with Gasteiger partial charge in [0.05, 0.1) is 11.9 Å². The van der Waals surface area contributed by atoms with Crippen molar-refractivity contribution in [1.29, 1.82) is 0 Å². The average molecular weight is 333 g/mol. The van der Waals surface area contributed by atoms with E-state index >= 15 is 0 Å². The summed E-state index contributed by atoms with van der Waals surface area (Å²) in [4.78, 5) is 28.2. The number of amides is 2. The normalized spacial score (nSPS) is 10.4. The van der Waals surface area contributed by atoms with E-state index in [4.69, 9.17) is 0 Å². The summed E-state index contributed by atoms with van der Waals surface area (Å²) >= 11 is 0.